The van der Waals surface area contributed by atoms with Gasteiger partial charge in [0.25, 0.3) is 10.2 Å². The van der Waals surface area contributed by atoms with Gasteiger partial charge in [-0.05, 0) is 24.5 Å². The summed E-state index contributed by atoms with van der Waals surface area (Å²) >= 11 is 0. The van der Waals surface area contributed by atoms with Crippen LogP contribution < -0.4 is 0 Å². The molecule has 7 nitrogen and oxygen atoms in total. The van der Waals surface area contributed by atoms with E-state index in [-0.39, 0.29) is 18.2 Å². The standard InChI is InChI=1S/C15H23N3O4S/c1-17(2)23(19,20)18-10-14(15-13(18)6-4-8-21-15)22-11-12-5-3-7-16-9-12/h3,5,7,9,13-15H,4,6,8,10-11H2,1-2H3/t13-,14+,15+/m1/s1. The predicted molar refractivity (Wildman–Crippen MR) is 84.9 cm³/mol. The van der Waals surface area contributed by atoms with Crippen molar-refractivity contribution in [3.63, 3.8) is 0 Å². The summed E-state index contributed by atoms with van der Waals surface area (Å²) in [5.41, 5.74) is 0.966. The van der Waals surface area contributed by atoms with Gasteiger partial charge in [0.05, 0.1) is 18.8 Å². The Morgan fingerprint density at radius 2 is 2.30 bits per heavy atom. The topological polar surface area (TPSA) is 72.0 Å². The third-order valence-corrected chi connectivity index (χ3v) is 6.31. The molecule has 0 aliphatic carbocycles. The normalized spacial score (nSPS) is 28.9. The van der Waals surface area contributed by atoms with Gasteiger partial charge in [0.2, 0.25) is 0 Å². The highest BCUT2D eigenvalue weighted by Gasteiger charge is 2.49. The lowest BCUT2D eigenvalue weighted by atomic mass is 10.0. The van der Waals surface area contributed by atoms with Crippen molar-refractivity contribution in [2.75, 3.05) is 27.2 Å². The zero-order valence-electron chi connectivity index (χ0n) is 13.5. The lowest BCUT2D eigenvalue weighted by Gasteiger charge is -2.32. The summed E-state index contributed by atoms with van der Waals surface area (Å²) in [5.74, 6) is 0. The van der Waals surface area contributed by atoms with Gasteiger partial charge in [-0.25, -0.2) is 0 Å². The maximum absolute atomic E-state index is 12.5. The van der Waals surface area contributed by atoms with Crippen LogP contribution in [0.2, 0.25) is 0 Å². The Morgan fingerprint density at radius 1 is 1.48 bits per heavy atom. The van der Waals surface area contributed by atoms with Gasteiger partial charge in [0.1, 0.15) is 6.10 Å². The summed E-state index contributed by atoms with van der Waals surface area (Å²) in [6, 6.07) is 3.65. The number of hydrogen-bond donors (Lipinski definition) is 0. The van der Waals surface area contributed by atoms with Crippen molar-refractivity contribution in [1.82, 2.24) is 13.6 Å². The molecule has 3 rings (SSSR count). The van der Waals surface area contributed by atoms with Gasteiger partial charge >= 0.3 is 0 Å². The van der Waals surface area contributed by atoms with E-state index in [1.54, 1.807) is 26.5 Å². The molecule has 0 radical (unpaired) electrons. The second-order valence-electron chi connectivity index (χ2n) is 6.12. The predicted octanol–water partition coefficient (Wildman–Crippen LogP) is 0.636. The van der Waals surface area contributed by atoms with E-state index in [4.69, 9.17) is 9.47 Å². The molecule has 0 saturated carbocycles. The summed E-state index contributed by atoms with van der Waals surface area (Å²) in [4.78, 5) is 4.06. The molecule has 0 amide bonds. The highest BCUT2D eigenvalue weighted by Crippen LogP contribution is 2.33. The Bertz CT molecular complexity index is 623. The number of nitrogens with zero attached hydrogens (tertiary/aromatic N) is 3. The smallest absolute Gasteiger partial charge is 0.281 e. The van der Waals surface area contributed by atoms with E-state index in [2.05, 4.69) is 4.98 Å². The van der Waals surface area contributed by atoms with Crippen molar-refractivity contribution in [1.29, 1.82) is 0 Å². The minimum absolute atomic E-state index is 0.143. The number of pyridine rings is 1. The van der Waals surface area contributed by atoms with Crippen molar-refractivity contribution in [3.05, 3.63) is 30.1 Å². The molecule has 8 heteroatoms. The molecule has 0 aromatic carbocycles. The van der Waals surface area contributed by atoms with Crippen LogP contribution in [0.15, 0.2) is 24.5 Å². The van der Waals surface area contributed by atoms with Crippen molar-refractivity contribution in [3.8, 4) is 0 Å². The molecular weight excluding hydrogens is 318 g/mol. The van der Waals surface area contributed by atoms with E-state index in [1.165, 1.54) is 8.61 Å². The van der Waals surface area contributed by atoms with Crippen LogP contribution in [0.1, 0.15) is 18.4 Å². The zero-order valence-corrected chi connectivity index (χ0v) is 14.3. The van der Waals surface area contributed by atoms with Gasteiger partial charge in [-0.2, -0.15) is 17.0 Å². The van der Waals surface area contributed by atoms with E-state index >= 15 is 0 Å². The summed E-state index contributed by atoms with van der Waals surface area (Å²) < 4.78 is 39.7. The molecule has 3 atom stereocenters. The largest absolute Gasteiger partial charge is 0.374 e. The fourth-order valence-corrected chi connectivity index (χ4v) is 4.50. The highest BCUT2D eigenvalue weighted by atomic mass is 32.2. The minimum atomic E-state index is -3.47. The second kappa shape index (κ2) is 6.82. The summed E-state index contributed by atoms with van der Waals surface area (Å²) in [6.45, 7) is 1.39. The summed E-state index contributed by atoms with van der Waals surface area (Å²) in [5, 5.41) is 0. The molecule has 128 valence electrons. The van der Waals surface area contributed by atoms with Gasteiger partial charge in [-0.15, -0.1) is 0 Å². The monoisotopic (exact) mass is 341 g/mol. The van der Waals surface area contributed by atoms with Crippen LogP contribution in [0, 0.1) is 0 Å². The van der Waals surface area contributed by atoms with Crippen molar-refractivity contribution in [2.24, 2.45) is 0 Å². The number of aromatic nitrogens is 1. The Balaban J connectivity index is 1.74. The molecule has 2 saturated heterocycles. The van der Waals surface area contributed by atoms with E-state index in [0.29, 0.717) is 19.8 Å². The van der Waals surface area contributed by atoms with Crippen molar-refractivity contribution >= 4 is 10.2 Å². The molecule has 0 spiro atoms. The number of rotatable bonds is 5. The Labute approximate surface area is 137 Å². The fourth-order valence-electron chi connectivity index (χ4n) is 3.18. The molecule has 1 aromatic heterocycles. The van der Waals surface area contributed by atoms with Gasteiger partial charge in [-0.1, -0.05) is 6.07 Å². The molecule has 1 aromatic rings. The van der Waals surface area contributed by atoms with Crippen LogP contribution in [0.5, 0.6) is 0 Å². The molecule has 2 aliphatic heterocycles. The molecule has 3 heterocycles. The van der Waals surface area contributed by atoms with Crippen LogP contribution in [0.3, 0.4) is 0 Å². The molecule has 0 N–H and O–H groups in total. The second-order valence-corrected chi connectivity index (χ2v) is 8.21. The quantitative estimate of drug-likeness (QED) is 0.786. The molecule has 0 bridgehead atoms. The van der Waals surface area contributed by atoms with Crippen LogP contribution >= 0.6 is 0 Å². The lowest BCUT2D eigenvalue weighted by molar-refractivity contribution is -0.0802. The van der Waals surface area contributed by atoms with Crippen LogP contribution in [-0.2, 0) is 26.3 Å². The third kappa shape index (κ3) is 3.41. The van der Waals surface area contributed by atoms with Crippen molar-refractivity contribution in [2.45, 2.75) is 37.7 Å². The van der Waals surface area contributed by atoms with E-state index in [0.717, 1.165) is 18.4 Å². The van der Waals surface area contributed by atoms with Gasteiger partial charge in [0, 0.05) is 39.6 Å². The summed E-state index contributed by atoms with van der Waals surface area (Å²) in [6.07, 6.45) is 4.69. The average Bonchev–Trinajstić information content (AvgIpc) is 2.93. The molecular formula is C15H23N3O4S. The van der Waals surface area contributed by atoms with E-state index in [1.807, 2.05) is 12.1 Å². The third-order valence-electron chi connectivity index (χ3n) is 4.37. The molecule has 0 unspecified atom stereocenters. The minimum Gasteiger partial charge on any atom is -0.374 e. The van der Waals surface area contributed by atoms with Gasteiger partial charge in [-0.3, -0.25) is 4.98 Å². The molecule has 2 fully saturated rings. The number of ether oxygens (including phenoxy) is 2. The van der Waals surface area contributed by atoms with Gasteiger partial charge < -0.3 is 9.47 Å². The fraction of sp³-hybridized carbons (Fsp3) is 0.667. The van der Waals surface area contributed by atoms with E-state index in [9.17, 15) is 8.42 Å². The number of hydrogen-bond acceptors (Lipinski definition) is 5. The highest BCUT2D eigenvalue weighted by molar-refractivity contribution is 7.86. The first-order valence-corrected chi connectivity index (χ1v) is 9.21. The van der Waals surface area contributed by atoms with Gasteiger partial charge in [0.15, 0.2) is 0 Å². The molecule has 2 aliphatic rings. The first-order chi connectivity index (χ1) is 11.0. The zero-order chi connectivity index (χ0) is 16.4. The lowest BCUT2D eigenvalue weighted by Crippen LogP contribution is -2.47. The summed E-state index contributed by atoms with van der Waals surface area (Å²) in [7, 11) is -0.362. The average molecular weight is 341 g/mol. The Morgan fingerprint density at radius 3 is 3.00 bits per heavy atom. The SMILES string of the molecule is CN(C)S(=O)(=O)N1C[C@H](OCc2cccnc2)[C@H]2OCCC[C@H]21. The molecule has 23 heavy (non-hydrogen) atoms. The van der Waals surface area contributed by atoms with Crippen LogP contribution in [0.4, 0.5) is 0 Å². The Kier molecular flexibility index (Phi) is 4.98. The maximum Gasteiger partial charge on any atom is 0.281 e. The van der Waals surface area contributed by atoms with Crippen LogP contribution in [-0.4, -0.2) is 67.5 Å². The maximum atomic E-state index is 12.5. The first kappa shape index (κ1) is 16.8. The van der Waals surface area contributed by atoms with Crippen molar-refractivity contribution < 1.29 is 17.9 Å². The first-order valence-electron chi connectivity index (χ1n) is 7.81. The number of fused-ring (bicyclic) bond motifs is 1. The van der Waals surface area contributed by atoms with E-state index < -0.39 is 10.2 Å². The van der Waals surface area contributed by atoms with Crippen LogP contribution in [0.25, 0.3) is 0 Å². The Hall–Kier alpha value is -1.06.